The number of aromatic nitrogens is 1. The predicted octanol–water partition coefficient (Wildman–Crippen LogP) is 2.69. The van der Waals surface area contributed by atoms with Gasteiger partial charge in [-0.15, -0.1) is 12.4 Å². The van der Waals surface area contributed by atoms with Crippen LogP contribution >= 0.6 is 12.4 Å². The van der Waals surface area contributed by atoms with E-state index in [1.807, 2.05) is 43.0 Å². The molecular formula is C17H22ClN3O. The first-order chi connectivity index (χ1) is 10.1. The molecule has 0 unspecified atom stereocenters. The quantitative estimate of drug-likeness (QED) is 0.925. The average molecular weight is 320 g/mol. The Hall–Kier alpha value is -1.78. The number of likely N-dealkylation sites (tertiary alicyclic amines) is 1. The Morgan fingerprint density at radius 1 is 1.23 bits per heavy atom. The van der Waals surface area contributed by atoms with E-state index >= 15 is 0 Å². The topological polar surface area (TPSA) is 51.3 Å². The van der Waals surface area contributed by atoms with Crippen LogP contribution in [0.2, 0.25) is 0 Å². The van der Waals surface area contributed by atoms with E-state index in [0.29, 0.717) is 6.54 Å². The third-order valence-corrected chi connectivity index (χ3v) is 4.19. The lowest BCUT2D eigenvalue weighted by atomic mass is 10.2. The molecule has 2 heterocycles. The van der Waals surface area contributed by atoms with E-state index in [2.05, 4.69) is 16.7 Å². The highest BCUT2D eigenvalue weighted by atomic mass is 35.5. The summed E-state index contributed by atoms with van der Waals surface area (Å²) in [6, 6.07) is 12.2. The van der Waals surface area contributed by atoms with Crippen LogP contribution in [0.25, 0.3) is 5.69 Å². The van der Waals surface area contributed by atoms with Crippen molar-refractivity contribution in [2.24, 2.45) is 5.73 Å². The van der Waals surface area contributed by atoms with Crippen molar-refractivity contribution < 1.29 is 4.79 Å². The van der Waals surface area contributed by atoms with Gasteiger partial charge in [-0.3, -0.25) is 4.79 Å². The molecule has 1 fully saturated rings. The predicted molar refractivity (Wildman–Crippen MR) is 91.0 cm³/mol. The van der Waals surface area contributed by atoms with Crippen molar-refractivity contribution in [3.05, 3.63) is 53.3 Å². The van der Waals surface area contributed by atoms with Crippen LogP contribution in [0.5, 0.6) is 0 Å². The van der Waals surface area contributed by atoms with Crippen LogP contribution in [-0.2, 0) is 0 Å². The van der Waals surface area contributed by atoms with Gasteiger partial charge < -0.3 is 15.2 Å². The maximum Gasteiger partial charge on any atom is 0.255 e. The van der Waals surface area contributed by atoms with Crippen LogP contribution in [0.3, 0.4) is 0 Å². The number of benzene rings is 1. The van der Waals surface area contributed by atoms with E-state index < -0.39 is 0 Å². The molecule has 1 aromatic heterocycles. The zero-order valence-electron chi connectivity index (χ0n) is 13.0. The van der Waals surface area contributed by atoms with Crippen LogP contribution in [0.15, 0.2) is 36.4 Å². The maximum absolute atomic E-state index is 12.7. The highest BCUT2D eigenvalue weighted by molar-refractivity contribution is 5.96. The number of nitrogens with two attached hydrogens (primary N) is 1. The van der Waals surface area contributed by atoms with E-state index in [4.69, 9.17) is 5.73 Å². The number of rotatable bonds is 2. The summed E-state index contributed by atoms with van der Waals surface area (Å²) < 4.78 is 2.13. The van der Waals surface area contributed by atoms with E-state index in [1.54, 1.807) is 0 Å². The standard InChI is InChI=1S/C17H21N3O.ClH/c1-12-10-16(17(21)19-9-8-14(18)11-19)13(2)20(12)15-6-4-3-5-7-15;/h3-7,10,14H,8-9,11,18H2,1-2H3;1H/t14-;/m1./s1. The molecule has 1 aliphatic rings. The Kier molecular flexibility index (Phi) is 4.94. The first-order valence-electron chi connectivity index (χ1n) is 7.37. The molecule has 3 rings (SSSR count). The smallest absolute Gasteiger partial charge is 0.255 e. The second-order valence-corrected chi connectivity index (χ2v) is 5.76. The van der Waals surface area contributed by atoms with Crippen molar-refractivity contribution in [3.8, 4) is 5.69 Å². The van der Waals surface area contributed by atoms with Crippen molar-refractivity contribution in [1.82, 2.24) is 9.47 Å². The Balaban J connectivity index is 0.00000176. The third-order valence-electron chi connectivity index (χ3n) is 4.19. The van der Waals surface area contributed by atoms with Gasteiger partial charge in [-0.2, -0.15) is 0 Å². The molecule has 1 saturated heterocycles. The molecule has 0 aliphatic carbocycles. The minimum absolute atomic E-state index is 0. The lowest BCUT2D eigenvalue weighted by Crippen LogP contribution is -2.32. The van der Waals surface area contributed by atoms with Crippen molar-refractivity contribution in [1.29, 1.82) is 0 Å². The third kappa shape index (κ3) is 2.89. The zero-order chi connectivity index (χ0) is 15.0. The number of carbonyl (C=O) groups is 1. The number of para-hydroxylation sites is 1. The van der Waals surface area contributed by atoms with Crippen molar-refractivity contribution >= 4 is 18.3 Å². The van der Waals surface area contributed by atoms with Crippen LogP contribution < -0.4 is 5.73 Å². The summed E-state index contributed by atoms with van der Waals surface area (Å²) in [5.74, 6) is 0.0956. The Bertz CT molecular complexity index is 666. The molecule has 0 spiro atoms. The minimum atomic E-state index is 0. The molecular weight excluding hydrogens is 298 g/mol. The Morgan fingerprint density at radius 3 is 2.50 bits per heavy atom. The normalized spacial score (nSPS) is 17.4. The summed E-state index contributed by atoms with van der Waals surface area (Å²) in [5.41, 5.74) is 9.84. The molecule has 1 aromatic carbocycles. The molecule has 0 radical (unpaired) electrons. The van der Waals surface area contributed by atoms with Gasteiger partial charge >= 0.3 is 0 Å². The van der Waals surface area contributed by atoms with Gasteiger partial charge in [-0.1, -0.05) is 18.2 Å². The first kappa shape index (κ1) is 16.6. The molecule has 118 valence electrons. The maximum atomic E-state index is 12.7. The molecule has 1 amide bonds. The van der Waals surface area contributed by atoms with E-state index in [9.17, 15) is 4.79 Å². The van der Waals surface area contributed by atoms with Gasteiger partial charge in [0, 0.05) is 36.2 Å². The SMILES string of the molecule is Cc1cc(C(=O)N2CC[C@@H](N)C2)c(C)n1-c1ccccc1.Cl. The summed E-state index contributed by atoms with van der Waals surface area (Å²) in [7, 11) is 0. The van der Waals surface area contributed by atoms with Crippen LogP contribution in [0.1, 0.15) is 28.2 Å². The average Bonchev–Trinajstić information content (AvgIpc) is 3.03. The summed E-state index contributed by atoms with van der Waals surface area (Å²) >= 11 is 0. The van der Waals surface area contributed by atoms with Gasteiger partial charge in [-0.05, 0) is 38.5 Å². The number of aryl methyl sites for hydroxylation is 1. The van der Waals surface area contributed by atoms with Gasteiger partial charge in [0.25, 0.3) is 5.91 Å². The Morgan fingerprint density at radius 2 is 1.91 bits per heavy atom. The highest BCUT2D eigenvalue weighted by Crippen LogP contribution is 2.23. The lowest BCUT2D eigenvalue weighted by molar-refractivity contribution is 0.0790. The van der Waals surface area contributed by atoms with Crippen LogP contribution in [0, 0.1) is 13.8 Å². The monoisotopic (exact) mass is 319 g/mol. The summed E-state index contributed by atoms with van der Waals surface area (Å²) in [4.78, 5) is 14.5. The molecule has 22 heavy (non-hydrogen) atoms. The lowest BCUT2D eigenvalue weighted by Gasteiger charge is -2.16. The van der Waals surface area contributed by atoms with Gasteiger partial charge in [-0.25, -0.2) is 0 Å². The number of nitrogens with zero attached hydrogens (tertiary/aromatic N) is 2. The fraction of sp³-hybridized carbons (Fsp3) is 0.353. The Labute approximate surface area is 137 Å². The summed E-state index contributed by atoms with van der Waals surface area (Å²) in [5, 5.41) is 0. The van der Waals surface area contributed by atoms with E-state index in [-0.39, 0.29) is 24.4 Å². The van der Waals surface area contributed by atoms with Gasteiger partial charge in [0.1, 0.15) is 0 Å². The van der Waals surface area contributed by atoms with Crippen LogP contribution in [-0.4, -0.2) is 34.5 Å². The molecule has 0 bridgehead atoms. The minimum Gasteiger partial charge on any atom is -0.337 e. The number of hydrogen-bond donors (Lipinski definition) is 1. The fourth-order valence-corrected chi connectivity index (χ4v) is 3.10. The van der Waals surface area contributed by atoms with Crippen LogP contribution in [0.4, 0.5) is 0 Å². The molecule has 2 aromatic rings. The van der Waals surface area contributed by atoms with Crippen molar-refractivity contribution in [2.45, 2.75) is 26.3 Å². The number of carbonyl (C=O) groups excluding carboxylic acids is 1. The number of amides is 1. The summed E-state index contributed by atoms with van der Waals surface area (Å²) in [6.45, 7) is 5.46. The zero-order valence-corrected chi connectivity index (χ0v) is 13.8. The second-order valence-electron chi connectivity index (χ2n) is 5.76. The fourth-order valence-electron chi connectivity index (χ4n) is 3.10. The van der Waals surface area contributed by atoms with E-state index in [0.717, 1.165) is 35.6 Å². The van der Waals surface area contributed by atoms with Gasteiger partial charge in [0.15, 0.2) is 0 Å². The van der Waals surface area contributed by atoms with Crippen molar-refractivity contribution in [3.63, 3.8) is 0 Å². The highest BCUT2D eigenvalue weighted by Gasteiger charge is 2.27. The number of halogens is 1. The van der Waals surface area contributed by atoms with Gasteiger partial charge in [0.2, 0.25) is 0 Å². The van der Waals surface area contributed by atoms with Gasteiger partial charge in [0.05, 0.1) is 5.56 Å². The molecule has 1 atom stereocenters. The molecule has 5 heteroatoms. The van der Waals surface area contributed by atoms with E-state index in [1.165, 1.54) is 0 Å². The van der Waals surface area contributed by atoms with Crippen molar-refractivity contribution in [2.75, 3.05) is 13.1 Å². The molecule has 1 aliphatic heterocycles. The molecule has 2 N–H and O–H groups in total. The first-order valence-corrected chi connectivity index (χ1v) is 7.37. The largest absolute Gasteiger partial charge is 0.337 e. The summed E-state index contributed by atoms with van der Waals surface area (Å²) in [6.07, 6.45) is 0.892. The molecule has 4 nitrogen and oxygen atoms in total. The second kappa shape index (κ2) is 6.55. The number of hydrogen-bond acceptors (Lipinski definition) is 2. The molecule has 0 saturated carbocycles.